The Balaban J connectivity index is 1.20. The molecule has 1 aliphatic heterocycles. The van der Waals surface area contributed by atoms with Crippen LogP contribution in [-0.4, -0.2) is 71.2 Å². The van der Waals surface area contributed by atoms with Gasteiger partial charge in [-0.2, -0.15) is 0 Å². The number of hydrogen-bond donors (Lipinski definition) is 1. The quantitative estimate of drug-likeness (QED) is 0.323. The van der Waals surface area contributed by atoms with Gasteiger partial charge in [-0.1, -0.05) is 35.5 Å². The van der Waals surface area contributed by atoms with Gasteiger partial charge >= 0.3 is 0 Å². The summed E-state index contributed by atoms with van der Waals surface area (Å²) in [5.74, 6) is 0.660. The Labute approximate surface area is 201 Å². The minimum atomic E-state index is -0.000269. The number of hydrogen-bond acceptors (Lipinski definition) is 7. The van der Waals surface area contributed by atoms with E-state index in [4.69, 9.17) is 12.2 Å². The zero-order valence-electron chi connectivity index (χ0n) is 18.3. The number of nitrogens with zero attached hydrogens (tertiary/aromatic N) is 7. The highest BCUT2D eigenvalue weighted by Crippen LogP contribution is 2.23. The Kier molecular flexibility index (Phi) is 6.68. The van der Waals surface area contributed by atoms with Crippen LogP contribution in [-0.2, 0) is 4.79 Å². The molecule has 1 aromatic carbocycles. The van der Waals surface area contributed by atoms with E-state index in [2.05, 4.69) is 31.8 Å². The van der Waals surface area contributed by atoms with E-state index in [1.165, 1.54) is 43.0 Å². The Morgan fingerprint density at radius 2 is 1.91 bits per heavy atom. The van der Waals surface area contributed by atoms with Gasteiger partial charge in [0.25, 0.3) is 11.7 Å². The Morgan fingerprint density at radius 3 is 2.79 bits per heavy atom. The summed E-state index contributed by atoms with van der Waals surface area (Å²) in [5, 5.41) is 24.9. The molecule has 0 unspecified atom stereocenters. The van der Waals surface area contributed by atoms with Crippen LogP contribution >= 0.6 is 24.0 Å². The van der Waals surface area contributed by atoms with Crippen molar-refractivity contribution in [2.75, 3.05) is 25.4 Å². The molecule has 3 heterocycles. The average molecular weight is 483 g/mol. The molecule has 2 aliphatic rings. The maximum absolute atomic E-state index is 13.1. The molecule has 0 radical (unpaired) electrons. The van der Waals surface area contributed by atoms with Crippen molar-refractivity contribution in [3.63, 3.8) is 0 Å². The first-order chi connectivity index (χ1) is 16.2. The zero-order valence-corrected chi connectivity index (χ0v) is 19.9. The molecule has 2 aromatic heterocycles. The Morgan fingerprint density at radius 1 is 1.06 bits per heavy atom. The molecule has 1 saturated heterocycles. The molecule has 1 fully saturated rings. The lowest BCUT2D eigenvalue weighted by Crippen LogP contribution is -2.49. The molecule has 0 saturated carbocycles. The second-order valence-electron chi connectivity index (χ2n) is 8.18. The van der Waals surface area contributed by atoms with Gasteiger partial charge < -0.3 is 5.32 Å². The van der Waals surface area contributed by atoms with E-state index in [0.717, 1.165) is 37.0 Å². The molecule has 0 spiro atoms. The molecule has 1 amide bonds. The Bertz CT molecular complexity index is 1210. The first-order valence-electron chi connectivity index (χ1n) is 11.3. The number of thiocarbonyl (C=S) groups is 1. The average Bonchev–Trinajstić information content (AvgIpc) is 3.51. The van der Waals surface area contributed by atoms with Gasteiger partial charge in [-0.05, 0) is 62.9 Å². The molecular formula is C22H26N8OS2. The zero-order chi connectivity index (χ0) is 22.6. The number of allylic oxidation sites excluding steroid dienone is 1. The number of thioether (sulfide) groups is 1. The standard InChI is InChI=1S/C22H26N8OS2/c31-19(15-33-22-27-26-20-25-24-17-9-4-5-10-18(17)30(20)22)28-13-6-14-29(28)21(32)23-12-11-16-7-2-1-3-8-16/h4-5,7,9-10H,1-3,6,8,11-15H2,(H,23,32). The first-order valence-corrected chi connectivity index (χ1v) is 12.7. The van der Waals surface area contributed by atoms with Gasteiger partial charge in [0.2, 0.25) is 0 Å². The summed E-state index contributed by atoms with van der Waals surface area (Å²) in [6.45, 7) is 2.22. The van der Waals surface area contributed by atoms with Crippen LogP contribution in [0.15, 0.2) is 41.1 Å². The summed E-state index contributed by atoms with van der Waals surface area (Å²) in [5.41, 5.74) is 3.13. The summed E-state index contributed by atoms with van der Waals surface area (Å²) >= 11 is 6.96. The van der Waals surface area contributed by atoms with E-state index < -0.39 is 0 Å². The number of benzene rings is 1. The molecule has 11 heteroatoms. The number of hydrazine groups is 1. The fourth-order valence-corrected chi connectivity index (χ4v) is 5.40. The fourth-order valence-electron chi connectivity index (χ4n) is 4.30. The summed E-state index contributed by atoms with van der Waals surface area (Å²) in [4.78, 5) is 13.1. The van der Waals surface area contributed by atoms with Crippen molar-refractivity contribution in [3.05, 3.63) is 35.9 Å². The third-order valence-corrected chi connectivity index (χ3v) is 7.24. The van der Waals surface area contributed by atoms with E-state index in [1.54, 1.807) is 5.01 Å². The van der Waals surface area contributed by atoms with Crippen molar-refractivity contribution >= 4 is 51.8 Å². The highest BCUT2D eigenvalue weighted by Gasteiger charge is 2.29. The highest BCUT2D eigenvalue weighted by atomic mass is 32.2. The molecule has 172 valence electrons. The SMILES string of the molecule is O=C(CSc1nnc2nnc3ccccc3n12)N1CCCN1C(=S)NCCC1=CCCCC1. The van der Waals surface area contributed by atoms with Gasteiger partial charge in [0.05, 0.1) is 11.3 Å². The number of para-hydroxylation sites is 1. The summed E-state index contributed by atoms with van der Waals surface area (Å²) in [6, 6.07) is 7.68. The van der Waals surface area contributed by atoms with E-state index in [0.29, 0.717) is 22.6 Å². The number of aromatic nitrogens is 5. The van der Waals surface area contributed by atoms with Crippen LogP contribution in [0.1, 0.15) is 38.5 Å². The second-order valence-corrected chi connectivity index (χ2v) is 9.51. The first kappa shape index (κ1) is 22.0. The molecule has 33 heavy (non-hydrogen) atoms. The maximum atomic E-state index is 13.1. The van der Waals surface area contributed by atoms with Gasteiger partial charge in [0, 0.05) is 19.6 Å². The number of carbonyl (C=O) groups excluding carboxylic acids is 1. The van der Waals surface area contributed by atoms with Crippen LogP contribution in [0, 0.1) is 0 Å². The third kappa shape index (κ3) is 4.79. The second kappa shape index (κ2) is 10.0. The number of nitrogens with one attached hydrogen (secondary N) is 1. The van der Waals surface area contributed by atoms with Crippen molar-refractivity contribution in [3.8, 4) is 0 Å². The maximum Gasteiger partial charge on any atom is 0.275 e. The summed E-state index contributed by atoms with van der Waals surface area (Å²) < 4.78 is 1.84. The molecule has 3 aromatic rings. The van der Waals surface area contributed by atoms with Crippen molar-refractivity contribution in [1.29, 1.82) is 0 Å². The van der Waals surface area contributed by atoms with Crippen molar-refractivity contribution in [1.82, 2.24) is 40.1 Å². The van der Waals surface area contributed by atoms with E-state index in [1.807, 2.05) is 33.7 Å². The smallest absolute Gasteiger partial charge is 0.275 e. The molecule has 1 N–H and O–H groups in total. The van der Waals surface area contributed by atoms with Gasteiger partial charge in [-0.3, -0.25) is 19.2 Å². The number of carbonyl (C=O) groups is 1. The van der Waals surface area contributed by atoms with Gasteiger partial charge in [0.15, 0.2) is 10.3 Å². The van der Waals surface area contributed by atoms with E-state index >= 15 is 0 Å². The number of fused-ring (bicyclic) bond motifs is 3. The topological polar surface area (TPSA) is 91.5 Å². The van der Waals surface area contributed by atoms with Crippen molar-refractivity contribution in [2.24, 2.45) is 0 Å². The van der Waals surface area contributed by atoms with Gasteiger partial charge in [-0.25, -0.2) is 0 Å². The lowest BCUT2D eigenvalue weighted by Gasteiger charge is -2.30. The molecule has 9 nitrogen and oxygen atoms in total. The van der Waals surface area contributed by atoms with Crippen LogP contribution in [0.5, 0.6) is 0 Å². The molecule has 0 bridgehead atoms. The third-order valence-electron chi connectivity index (χ3n) is 5.97. The molecule has 1 aliphatic carbocycles. The summed E-state index contributed by atoms with van der Waals surface area (Å²) in [7, 11) is 0. The predicted octanol–water partition coefficient (Wildman–Crippen LogP) is 2.98. The van der Waals surface area contributed by atoms with E-state index in [9.17, 15) is 4.79 Å². The minimum absolute atomic E-state index is 0.000269. The summed E-state index contributed by atoms with van der Waals surface area (Å²) in [6.07, 6.45) is 9.23. The normalized spacial score (nSPS) is 16.4. The van der Waals surface area contributed by atoms with Crippen molar-refractivity contribution in [2.45, 2.75) is 43.7 Å². The monoisotopic (exact) mass is 482 g/mol. The highest BCUT2D eigenvalue weighted by molar-refractivity contribution is 7.99. The lowest BCUT2D eigenvalue weighted by atomic mass is 9.97. The fraction of sp³-hybridized carbons (Fsp3) is 0.455. The minimum Gasteiger partial charge on any atom is -0.361 e. The molecular weight excluding hydrogens is 456 g/mol. The van der Waals surface area contributed by atoms with Crippen LogP contribution in [0.2, 0.25) is 0 Å². The largest absolute Gasteiger partial charge is 0.361 e. The molecule has 5 rings (SSSR count). The van der Waals surface area contributed by atoms with Crippen LogP contribution in [0.3, 0.4) is 0 Å². The molecule has 0 atom stereocenters. The van der Waals surface area contributed by atoms with Gasteiger partial charge in [0.1, 0.15) is 5.52 Å². The Hall–Kier alpha value is -2.79. The van der Waals surface area contributed by atoms with Crippen LogP contribution in [0.4, 0.5) is 0 Å². The number of amides is 1. The van der Waals surface area contributed by atoms with Gasteiger partial charge in [-0.15, -0.1) is 20.4 Å². The van der Waals surface area contributed by atoms with Crippen LogP contribution < -0.4 is 5.32 Å². The van der Waals surface area contributed by atoms with E-state index in [-0.39, 0.29) is 11.7 Å². The van der Waals surface area contributed by atoms with Crippen LogP contribution in [0.25, 0.3) is 16.8 Å². The van der Waals surface area contributed by atoms with Crippen molar-refractivity contribution < 1.29 is 4.79 Å². The predicted molar refractivity (Wildman–Crippen MR) is 132 cm³/mol. The lowest BCUT2D eigenvalue weighted by molar-refractivity contribution is -0.135. The number of rotatable bonds is 6.